The van der Waals surface area contributed by atoms with Gasteiger partial charge in [-0.15, -0.1) is 0 Å². The van der Waals surface area contributed by atoms with Crippen LogP contribution in [0.25, 0.3) is 0 Å². The Morgan fingerprint density at radius 2 is 2.00 bits per heavy atom. The molecule has 0 saturated heterocycles. The largest absolute Gasteiger partial charge is 0.496 e. The van der Waals surface area contributed by atoms with E-state index in [0.29, 0.717) is 22.6 Å². The average Bonchev–Trinajstić information content (AvgIpc) is 2.41. The van der Waals surface area contributed by atoms with Crippen LogP contribution in [0.4, 0.5) is 5.69 Å². The molecule has 98 valence electrons. The minimum atomic E-state index is -0.226. The SMILES string of the molecule is COc1ccc(Br)cc1C(=O)c1cccc(N)c1Cl. The molecule has 0 heterocycles. The number of ether oxygens (including phenoxy) is 1. The van der Waals surface area contributed by atoms with E-state index in [-0.39, 0.29) is 10.8 Å². The average molecular weight is 341 g/mol. The molecule has 5 heteroatoms. The second-order valence-corrected chi connectivity index (χ2v) is 5.18. The van der Waals surface area contributed by atoms with Crippen LogP contribution in [0, 0.1) is 0 Å². The Bertz CT molecular complexity index is 643. The number of rotatable bonds is 3. The highest BCUT2D eigenvalue weighted by Gasteiger charge is 2.18. The summed E-state index contributed by atoms with van der Waals surface area (Å²) in [6.45, 7) is 0. The van der Waals surface area contributed by atoms with Crippen molar-refractivity contribution < 1.29 is 9.53 Å². The fourth-order valence-corrected chi connectivity index (χ4v) is 2.30. The number of hydrogen-bond acceptors (Lipinski definition) is 3. The molecular formula is C14H11BrClNO2. The van der Waals surface area contributed by atoms with E-state index in [1.54, 1.807) is 36.4 Å². The van der Waals surface area contributed by atoms with E-state index in [1.807, 2.05) is 0 Å². The third-order valence-corrected chi connectivity index (χ3v) is 3.59. The second kappa shape index (κ2) is 5.63. The van der Waals surface area contributed by atoms with Gasteiger partial charge in [0.2, 0.25) is 0 Å². The zero-order chi connectivity index (χ0) is 14.0. The zero-order valence-electron chi connectivity index (χ0n) is 10.1. The van der Waals surface area contributed by atoms with Gasteiger partial charge in [0.05, 0.1) is 23.4 Å². The maximum atomic E-state index is 12.5. The minimum absolute atomic E-state index is 0.226. The molecule has 2 N–H and O–H groups in total. The standard InChI is InChI=1S/C14H11BrClNO2/c1-19-12-6-5-8(15)7-10(12)14(18)9-3-2-4-11(17)13(9)16/h2-7H,17H2,1H3. The highest BCUT2D eigenvalue weighted by molar-refractivity contribution is 9.10. The molecule has 0 unspecified atom stereocenters. The normalized spacial score (nSPS) is 10.3. The van der Waals surface area contributed by atoms with Gasteiger partial charge in [-0.05, 0) is 30.3 Å². The van der Waals surface area contributed by atoms with Gasteiger partial charge in [-0.3, -0.25) is 4.79 Å². The highest BCUT2D eigenvalue weighted by Crippen LogP contribution is 2.30. The zero-order valence-corrected chi connectivity index (χ0v) is 12.5. The number of halogens is 2. The first-order valence-corrected chi connectivity index (χ1v) is 6.64. The number of methoxy groups -OCH3 is 1. The van der Waals surface area contributed by atoms with Gasteiger partial charge in [-0.2, -0.15) is 0 Å². The number of benzene rings is 2. The molecule has 0 spiro atoms. The fourth-order valence-electron chi connectivity index (χ4n) is 1.73. The predicted molar refractivity (Wildman–Crippen MR) is 80.0 cm³/mol. The maximum absolute atomic E-state index is 12.5. The Balaban J connectivity index is 2.56. The number of anilines is 1. The van der Waals surface area contributed by atoms with Crippen molar-refractivity contribution in [1.82, 2.24) is 0 Å². The number of nitrogen functional groups attached to an aromatic ring is 1. The molecule has 0 bridgehead atoms. The van der Waals surface area contributed by atoms with Gasteiger partial charge in [-0.25, -0.2) is 0 Å². The van der Waals surface area contributed by atoms with Crippen molar-refractivity contribution in [2.24, 2.45) is 0 Å². The molecule has 0 radical (unpaired) electrons. The summed E-state index contributed by atoms with van der Waals surface area (Å²) in [4.78, 5) is 12.5. The van der Waals surface area contributed by atoms with E-state index < -0.39 is 0 Å². The van der Waals surface area contributed by atoms with Crippen molar-refractivity contribution in [3.8, 4) is 5.75 Å². The molecule has 0 saturated carbocycles. The summed E-state index contributed by atoms with van der Waals surface area (Å²) in [6, 6.07) is 10.2. The molecule has 19 heavy (non-hydrogen) atoms. The van der Waals surface area contributed by atoms with Gasteiger partial charge >= 0.3 is 0 Å². The van der Waals surface area contributed by atoms with Crippen LogP contribution in [0.3, 0.4) is 0 Å². The van der Waals surface area contributed by atoms with E-state index in [9.17, 15) is 4.79 Å². The summed E-state index contributed by atoms with van der Waals surface area (Å²) in [7, 11) is 1.51. The number of ketones is 1. The van der Waals surface area contributed by atoms with Crippen LogP contribution in [0.1, 0.15) is 15.9 Å². The lowest BCUT2D eigenvalue weighted by Crippen LogP contribution is -2.06. The molecule has 0 aliphatic heterocycles. The van der Waals surface area contributed by atoms with Crippen molar-refractivity contribution in [2.75, 3.05) is 12.8 Å². The van der Waals surface area contributed by atoms with Gasteiger partial charge in [0.15, 0.2) is 5.78 Å². The predicted octanol–water partition coefficient (Wildman–Crippen LogP) is 3.92. The highest BCUT2D eigenvalue weighted by atomic mass is 79.9. The van der Waals surface area contributed by atoms with E-state index in [1.165, 1.54) is 7.11 Å². The number of carbonyl (C=O) groups is 1. The fraction of sp³-hybridized carbons (Fsp3) is 0.0714. The Morgan fingerprint density at radius 3 is 2.68 bits per heavy atom. The van der Waals surface area contributed by atoms with Gasteiger partial charge in [-0.1, -0.05) is 33.6 Å². The third kappa shape index (κ3) is 2.74. The van der Waals surface area contributed by atoms with E-state index in [0.717, 1.165) is 4.47 Å². The van der Waals surface area contributed by atoms with E-state index in [2.05, 4.69) is 15.9 Å². The number of hydrogen-bond donors (Lipinski definition) is 1. The smallest absolute Gasteiger partial charge is 0.198 e. The summed E-state index contributed by atoms with van der Waals surface area (Å²) in [5.41, 5.74) is 6.88. The minimum Gasteiger partial charge on any atom is -0.496 e. The van der Waals surface area contributed by atoms with Gasteiger partial charge < -0.3 is 10.5 Å². The first kappa shape index (κ1) is 13.9. The van der Waals surface area contributed by atoms with Crippen molar-refractivity contribution in [1.29, 1.82) is 0 Å². The van der Waals surface area contributed by atoms with Crippen molar-refractivity contribution in [3.63, 3.8) is 0 Å². The molecule has 2 aromatic carbocycles. The van der Waals surface area contributed by atoms with Gasteiger partial charge in [0.1, 0.15) is 5.75 Å². The molecule has 0 amide bonds. The molecule has 3 nitrogen and oxygen atoms in total. The lowest BCUT2D eigenvalue weighted by Gasteiger charge is -2.10. The molecular weight excluding hydrogens is 330 g/mol. The summed E-state index contributed by atoms with van der Waals surface area (Å²) in [5.74, 6) is 0.266. The first-order chi connectivity index (χ1) is 9.04. The lowest BCUT2D eigenvalue weighted by molar-refractivity contribution is 0.103. The summed E-state index contributed by atoms with van der Waals surface area (Å²) >= 11 is 9.41. The maximum Gasteiger partial charge on any atom is 0.198 e. The molecule has 2 rings (SSSR count). The van der Waals surface area contributed by atoms with Crippen LogP contribution in [0.15, 0.2) is 40.9 Å². The number of nitrogens with two attached hydrogens (primary N) is 1. The van der Waals surface area contributed by atoms with Gasteiger partial charge in [0, 0.05) is 10.0 Å². The van der Waals surface area contributed by atoms with Crippen molar-refractivity contribution in [2.45, 2.75) is 0 Å². The summed E-state index contributed by atoms with van der Waals surface area (Å²) < 4.78 is 5.99. The van der Waals surface area contributed by atoms with Crippen molar-refractivity contribution >= 4 is 39.0 Å². The summed E-state index contributed by atoms with van der Waals surface area (Å²) in [5, 5.41) is 0.259. The molecule has 0 fully saturated rings. The van der Waals surface area contributed by atoms with Gasteiger partial charge in [0.25, 0.3) is 0 Å². The quantitative estimate of drug-likeness (QED) is 0.680. The Morgan fingerprint density at radius 1 is 1.26 bits per heavy atom. The number of carbonyl (C=O) groups excluding carboxylic acids is 1. The van der Waals surface area contributed by atoms with Crippen LogP contribution >= 0.6 is 27.5 Å². The van der Waals surface area contributed by atoms with Crippen molar-refractivity contribution in [3.05, 3.63) is 57.0 Å². The molecule has 0 atom stereocenters. The Labute approximate surface area is 124 Å². The van der Waals surface area contributed by atoms with Crippen LogP contribution in [-0.4, -0.2) is 12.9 Å². The van der Waals surface area contributed by atoms with E-state index in [4.69, 9.17) is 22.1 Å². The van der Waals surface area contributed by atoms with Crippen LogP contribution < -0.4 is 10.5 Å². The first-order valence-electron chi connectivity index (χ1n) is 5.47. The Hall–Kier alpha value is -1.52. The van der Waals surface area contributed by atoms with E-state index >= 15 is 0 Å². The van der Waals surface area contributed by atoms with Crippen LogP contribution in [0.5, 0.6) is 5.75 Å². The summed E-state index contributed by atoms with van der Waals surface area (Å²) in [6.07, 6.45) is 0. The Kier molecular flexibility index (Phi) is 4.12. The monoisotopic (exact) mass is 339 g/mol. The van der Waals surface area contributed by atoms with Crippen LogP contribution in [0.2, 0.25) is 5.02 Å². The second-order valence-electron chi connectivity index (χ2n) is 3.88. The molecule has 0 aliphatic rings. The molecule has 0 aromatic heterocycles. The topological polar surface area (TPSA) is 52.3 Å². The van der Waals surface area contributed by atoms with Crippen LogP contribution in [-0.2, 0) is 0 Å². The third-order valence-electron chi connectivity index (χ3n) is 2.68. The lowest BCUT2D eigenvalue weighted by atomic mass is 10.0. The molecule has 2 aromatic rings. The molecule has 0 aliphatic carbocycles.